The van der Waals surface area contributed by atoms with E-state index < -0.39 is 0 Å². The molecule has 166 valence electrons. The number of hydrogen-bond donors (Lipinski definition) is 1. The van der Waals surface area contributed by atoms with E-state index in [-0.39, 0.29) is 18.7 Å². The molecule has 3 aromatic rings. The lowest BCUT2D eigenvalue weighted by atomic mass is 9.91. The first kappa shape index (κ1) is 21.0. The van der Waals surface area contributed by atoms with E-state index in [9.17, 15) is 4.79 Å². The molecule has 2 aliphatic heterocycles. The molecule has 3 heterocycles. The Labute approximate surface area is 193 Å². The van der Waals surface area contributed by atoms with Gasteiger partial charge in [0.1, 0.15) is 0 Å². The summed E-state index contributed by atoms with van der Waals surface area (Å²) in [7, 11) is 0. The number of ether oxygens (including phenoxy) is 2. The predicted molar refractivity (Wildman–Crippen MR) is 126 cm³/mol. The molecule has 1 N–H and O–H groups in total. The third-order valence-electron chi connectivity index (χ3n) is 6.35. The number of carbonyl (C=O) groups excluding carboxylic acids is 1. The molecule has 0 spiro atoms. The van der Waals surface area contributed by atoms with Crippen molar-refractivity contribution < 1.29 is 14.3 Å². The van der Waals surface area contributed by atoms with E-state index in [0.29, 0.717) is 13.1 Å². The second kappa shape index (κ2) is 8.96. The maximum Gasteiger partial charge on any atom is 0.234 e. The molecular weight excluding hydrogens is 420 g/mol. The quantitative estimate of drug-likeness (QED) is 0.598. The highest BCUT2D eigenvalue weighted by atomic mass is 32.1. The normalized spacial score (nSPS) is 17.2. The Morgan fingerprint density at radius 1 is 1.16 bits per heavy atom. The molecule has 32 heavy (non-hydrogen) atoms. The molecule has 0 aliphatic carbocycles. The number of nitrogens with zero attached hydrogens (tertiary/aromatic N) is 1. The maximum absolute atomic E-state index is 12.9. The summed E-state index contributed by atoms with van der Waals surface area (Å²) in [6.07, 6.45) is 2.07. The Morgan fingerprint density at radius 3 is 2.78 bits per heavy atom. The van der Waals surface area contributed by atoms with Gasteiger partial charge in [0.05, 0.1) is 12.6 Å². The Balaban J connectivity index is 1.33. The number of benzene rings is 2. The average Bonchev–Trinajstić information content (AvgIpc) is 3.40. The van der Waals surface area contributed by atoms with Crippen LogP contribution in [0.1, 0.15) is 45.0 Å². The summed E-state index contributed by atoms with van der Waals surface area (Å²) in [6, 6.07) is 16.5. The molecule has 0 saturated heterocycles. The summed E-state index contributed by atoms with van der Waals surface area (Å²) in [5.74, 6) is 1.54. The van der Waals surface area contributed by atoms with Crippen LogP contribution in [0.4, 0.5) is 0 Å². The van der Waals surface area contributed by atoms with Crippen LogP contribution >= 0.6 is 11.3 Å². The third-order valence-corrected chi connectivity index (χ3v) is 7.60. The van der Waals surface area contributed by atoms with Crippen LogP contribution in [0, 0.1) is 6.92 Å². The van der Waals surface area contributed by atoms with Crippen molar-refractivity contribution in [1.29, 1.82) is 0 Å². The first-order chi connectivity index (χ1) is 15.6. The van der Waals surface area contributed by atoms with Gasteiger partial charge in [-0.1, -0.05) is 43.3 Å². The van der Waals surface area contributed by atoms with Crippen molar-refractivity contribution in [3.63, 3.8) is 0 Å². The molecule has 1 amide bonds. The molecule has 5 rings (SSSR count). The van der Waals surface area contributed by atoms with E-state index in [0.717, 1.165) is 36.4 Å². The van der Waals surface area contributed by atoms with Gasteiger partial charge in [-0.25, -0.2) is 0 Å². The number of fused-ring (bicyclic) bond motifs is 2. The lowest BCUT2D eigenvalue weighted by Crippen LogP contribution is -2.42. The van der Waals surface area contributed by atoms with E-state index in [4.69, 9.17) is 9.47 Å². The molecule has 5 nitrogen and oxygen atoms in total. The van der Waals surface area contributed by atoms with Crippen LogP contribution < -0.4 is 14.8 Å². The minimum Gasteiger partial charge on any atom is -0.454 e. The molecule has 0 unspecified atom stereocenters. The van der Waals surface area contributed by atoms with Gasteiger partial charge >= 0.3 is 0 Å². The van der Waals surface area contributed by atoms with E-state index >= 15 is 0 Å². The lowest BCUT2D eigenvalue weighted by Gasteiger charge is -2.36. The number of rotatable bonds is 6. The minimum atomic E-state index is 0.0380. The number of aryl methyl sites for hydroxylation is 1. The second-order valence-electron chi connectivity index (χ2n) is 8.33. The summed E-state index contributed by atoms with van der Waals surface area (Å²) in [4.78, 5) is 18.1. The monoisotopic (exact) mass is 448 g/mol. The van der Waals surface area contributed by atoms with Crippen molar-refractivity contribution in [2.24, 2.45) is 0 Å². The van der Waals surface area contributed by atoms with Crippen LogP contribution in [0.3, 0.4) is 0 Å². The number of nitrogens with one attached hydrogen (secondary N) is 1. The molecule has 2 aromatic carbocycles. The second-order valence-corrected chi connectivity index (χ2v) is 9.59. The SMILES string of the molecule is CCc1c(C)sc2c1CCN(CC(=O)NCc1ccc3c(c1)OCO3)[C@@H]2c1ccccc1. The summed E-state index contributed by atoms with van der Waals surface area (Å²) in [5, 5.41) is 3.09. The first-order valence-corrected chi connectivity index (χ1v) is 12.0. The van der Waals surface area contributed by atoms with Crippen molar-refractivity contribution in [2.75, 3.05) is 19.9 Å². The predicted octanol–water partition coefficient (Wildman–Crippen LogP) is 4.61. The van der Waals surface area contributed by atoms with Gasteiger partial charge in [0, 0.05) is 22.8 Å². The Bertz CT molecular complexity index is 1130. The lowest BCUT2D eigenvalue weighted by molar-refractivity contribution is -0.122. The fourth-order valence-corrected chi connectivity index (χ4v) is 6.28. The maximum atomic E-state index is 12.9. The molecule has 0 saturated carbocycles. The zero-order valence-electron chi connectivity index (χ0n) is 18.5. The van der Waals surface area contributed by atoms with Gasteiger partial charge in [0.2, 0.25) is 12.7 Å². The van der Waals surface area contributed by atoms with Crippen LogP contribution in [-0.4, -0.2) is 30.7 Å². The van der Waals surface area contributed by atoms with Gasteiger partial charge in [-0.3, -0.25) is 9.69 Å². The first-order valence-electron chi connectivity index (χ1n) is 11.2. The molecule has 6 heteroatoms. The van der Waals surface area contributed by atoms with Crippen molar-refractivity contribution in [1.82, 2.24) is 10.2 Å². The van der Waals surface area contributed by atoms with Crippen molar-refractivity contribution >= 4 is 17.2 Å². The topological polar surface area (TPSA) is 50.8 Å². The van der Waals surface area contributed by atoms with Crippen LogP contribution in [-0.2, 0) is 24.2 Å². The van der Waals surface area contributed by atoms with Crippen molar-refractivity contribution in [3.8, 4) is 11.5 Å². The smallest absolute Gasteiger partial charge is 0.234 e. The highest BCUT2D eigenvalue weighted by molar-refractivity contribution is 7.12. The Kier molecular flexibility index (Phi) is 5.89. The largest absolute Gasteiger partial charge is 0.454 e. The number of thiophene rings is 1. The van der Waals surface area contributed by atoms with Crippen molar-refractivity contribution in [3.05, 3.63) is 80.5 Å². The van der Waals surface area contributed by atoms with Crippen LogP contribution in [0.15, 0.2) is 48.5 Å². The third kappa shape index (κ3) is 4.00. The summed E-state index contributed by atoms with van der Waals surface area (Å²) < 4.78 is 10.8. The molecule has 0 bridgehead atoms. The van der Waals surface area contributed by atoms with Gasteiger partial charge in [-0.05, 0) is 54.2 Å². The molecule has 0 radical (unpaired) electrons. The fourth-order valence-electron chi connectivity index (χ4n) is 4.82. The minimum absolute atomic E-state index is 0.0380. The van der Waals surface area contributed by atoms with E-state index in [2.05, 4.69) is 48.3 Å². The number of carbonyl (C=O) groups is 1. The van der Waals surface area contributed by atoms with Gasteiger partial charge in [-0.15, -0.1) is 11.3 Å². The van der Waals surface area contributed by atoms with Crippen LogP contribution in [0.25, 0.3) is 0 Å². The van der Waals surface area contributed by atoms with Crippen LogP contribution in [0.2, 0.25) is 0 Å². The standard InChI is InChI=1S/C26H28N2O3S/c1-3-20-17(2)32-26-21(20)11-12-28(25(26)19-7-5-4-6-8-19)15-24(29)27-14-18-9-10-22-23(13-18)31-16-30-22/h4-10,13,25H,3,11-12,14-16H2,1-2H3,(H,27,29)/t25-/m1/s1. The van der Waals surface area contributed by atoms with E-state index in [1.807, 2.05) is 35.6 Å². The summed E-state index contributed by atoms with van der Waals surface area (Å²) >= 11 is 1.90. The van der Waals surface area contributed by atoms with Crippen molar-refractivity contribution in [2.45, 2.75) is 39.3 Å². The van der Waals surface area contributed by atoms with E-state index in [1.54, 1.807) is 0 Å². The van der Waals surface area contributed by atoms with Gasteiger partial charge < -0.3 is 14.8 Å². The van der Waals surface area contributed by atoms with Gasteiger partial charge in [0.15, 0.2) is 11.5 Å². The zero-order chi connectivity index (χ0) is 22.1. The molecular formula is C26H28N2O3S. The number of amides is 1. The molecule has 1 atom stereocenters. The molecule has 0 fully saturated rings. The summed E-state index contributed by atoms with van der Waals surface area (Å²) in [6.45, 7) is 6.46. The number of hydrogen-bond acceptors (Lipinski definition) is 5. The van der Waals surface area contributed by atoms with Crippen LogP contribution in [0.5, 0.6) is 11.5 Å². The highest BCUT2D eigenvalue weighted by Gasteiger charge is 2.33. The molecule has 2 aliphatic rings. The summed E-state index contributed by atoms with van der Waals surface area (Å²) in [5.41, 5.74) is 5.25. The average molecular weight is 449 g/mol. The van der Waals surface area contributed by atoms with E-state index in [1.165, 1.54) is 26.4 Å². The zero-order valence-corrected chi connectivity index (χ0v) is 19.3. The molecule has 1 aromatic heterocycles. The van der Waals surface area contributed by atoms with Gasteiger partial charge in [0.25, 0.3) is 0 Å². The van der Waals surface area contributed by atoms with Gasteiger partial charge in [-0.2, -0.15) is 0 Å². The fraction of sp³-hybridized carbons (Fsp3) is 0.346. The Hall–Kier alpha value is -2.83. The highest BCUT2D eigenvalue weighted by Crippen LogP contribution is 2.42. The Morgan fingerprint density at radius 2 is 1.97 bits per heavy atom.